The van der Waals surface area contributed by atoms with E-state index in [0.29, 0.717) is 5.92 Å². The molecule has 0 aliphatic heterocycles. The van der Waals surface area contributed by atoms with E-state index in [1.165, 1.54) is 19.3 Å². The molecule has 0 saturated heterocycles. The molecule has 1 rings (SSSR count). The second-order valence-corrected chi connectivity index (χ2v) is 10.1. The highest BCUT2D eigenvalue weighted by atomic mass is 28.3. The average Bonchev–Trinajstić information content (AvgIpc) is 2.48. The predicted octanol–water partition coefficient (Wildman–Crippen LogP) is 3.86. The minimum atomic E-state index is -1.16. The van der Waals surface area contributed by atoms with Gasteiger partial charge in [-0.2, -0.15) is 0 Å². The Balaban J connectivity index is 2.57. The summed E-state index contributed by atoms with van der Waals surface area (Å²) in [7, 11) is -1.16. The predicted molar refractivity (Wildman–Crippen MR) is 66.8 cm³/mol. The van der Waals surface area contributed by atoms with E-state index in [4.69, 9.17) is 0 Å². The Hall–Kier alpha value is -0.483. The van der Waals surface area contributed by atoms with Gasteiger partial charge in [-0.1, -0.05) is 32.1 Å². The summed E-state index contributed by atoms with van der Waals surface area (Å²) in [6, 6.07) is 0. The van der Waals surface area contributed by atoms with Crippen LogP contribution in [0.3, 0.4) is 0 Å². The van der Waals surface area contributed by atoms with Gasteiger partial charge in [-0.25, -0.2) is 0 Å². The number of hydrogen-bond donors (Lipinski definition) is 0. The molecule has 0 heterocycles. The van der Waals surface area contributed by atoms with Gasteiger partial charge < -0.3 is 0 Å². The lowest BCUT2D eigenvalue weighted by atomic mass is 9.94. The van der Waals surface area contributed by atoms with Crippen molar-refractivity contribution >= 4 is 8.07 Å². The maximum atomic E-state index is 3.83. The van der Waals surface area contributed by atoms with Gasteiger partial charge in [0.2, 0.25) is 0 Å². The van der Waals surface area contributed by atoms with Gasteiger partial charge in [0.05, 0.1) is 0 Å². The third-order valence-electron chi connectivity index (χ3n) is 2.76. The van der Waals surface area contributed by atoms with E-state index in [1.54, 1.807) is 0 Å². The monoisotopic (exact) mass is 206 g/mol. The molecule has 0 unspecified atom stereocenters. The fourth-order valence-corrected chi connectivity index (χ4v) is 2.65. The van der Waals surface area contributed by atoms with Crippen molar-refractivity contribution in [2.75, 3.05) is 0 Å². The van der Waals surface area contributed by atoms with Crippen molar-refractivity contribution < 1.29 is 0 Å². The van der Waals surface area contributed by atoms with Crippen LogP contribution in [0.2, 0.25) is 19.6 Å². The second kappa shape index (κ2) is 4.84. The quantitative estimate of drug-likeness (QED) is 0.366. The summed E-state index contributed by atoms with van der Waals surface area (Å²) >= 11 is 0. The zero-order valence-electron chi connectivity index (χ0n) is 9.77. The van der Waals surface area contributed by atoms with Crippen LogP contribution in [0, 0.1) is 23.3 Å². The fourth-order valence-electron chi connectivity index (χ4n) is 2.03. The van der Waals surface area contributed by atoms with Crippen LogP contribution in [-0.2, 0) is 0 Å². The summed E-state index contributed by atoms with van der Waals surface area (Å²) in [4.78, 5) is 0. The fraction of sp³-hybridized carbons (Fsp3) is 0.692. The van der Waals surface area contributed by atoms with E-state index in [1.807, 2.05) is 0 Å². The van der Waals surface area contributed by atoms with Crippen LogP contribution in [0.5, 0.6) is 0 Å². The van der Waals surface area contributed by atoms with Crippen LogP contribution in [0.1, 0.15) is 25.7 Å². The van der Waals surface area contributed by atoms with Crippen LogP contribution in [0.15, 0.2) is 12.7 Å². The van der Waals surface area contributed by atoms with Gasteiger partial charge in [0.1, 0.15) is 8.07 Å². The van der Waals surface area contributed by atoms with Crippen LogP contribution in [0.25, 0.3) is 0 Å². The first kappa shape index (κ1) is 11.6. The first-order valence-corrected chi connectivity index (χ1v) is 9.16. The molecule has 0 amide bonds. The van der Waals surface area contributed by atoms with E-state index < -0.39 is 8.07 Å². The van der Waals surface area contributed by atoms with Crippen LogP contribution in [-0.4, -0.2) is 8.07 Å². The third-order valence-corrected chi connectivity index (χ3v) is 3.66. The van der Waals surface area contributed by atoms with Crippen molar-refractivity contribution in [3.63, 3.8) is 0 Å². The lowest BCUT2D eigenvalue weighted by Crippen LogP contribution is -2.17. The van der Waals surface area contributed by atoms with E-state index in [9.17, 15) is 0 Å². The normalized spacial score (nSPS) is 26.8. The zero-order chi connectivity index (χ0) is 10.6. The van der Waals surface area contributed by atoms with E-state index in [-0.39, 0.29) is 0 Å². The van der Waals surface area contributed by atoms with Gasteiger partial charge in [-0.05, 0) is 25.2 Å². The largest absolute Gasteiger partial charge is 0.132 e. The minimum Gasteiger partial charge on any atom is -0.132 e. The third kappa shape index (κ3) is 3.72. The van der Waals surface area contributed by atoms with Crippen molar-refractivity contribution in [1.29, 1.82) is 0 Å². The topological polar surface area (TPSA) is 0 Å². The lowest BCUT2D eigenvalue weighted by molar-refractivity contribution is 0.478. The molecule has 14 heavy (non-hydrogen) atoms. The molecule has 1 heteroatoms. The Bertz CT molecular complexity index is 249. The van der Waals surface area contributed by atoms with Crippen LogP contribution < -0.4 is 0 Å². The Morgan fingerprint density at radius 2 is 2.07 bits per heavy atom. The molecule has 0 radical (unpaired) electrons. The highest BCUT2D eigenvalue weighted by Gasteiger charge is 2.24. The van der Waals surface area contributed by atoms with Gasteiger partial charge in [-0.3, -0.25) is 0 Å². The van der Waals surface area contributed by atoms with Crippen LogP contribution >= 0.6 is 0 Å². The second-order valence-electron chi connectivity index (χ2n) is 5.34. The summed E-state index contributed by atoms with van der Waals surface area (Å²) in [6.07, 6.45) is 7.25. The molecule has 0 spiro atoms. The number of rotatable bonds is 2. The Labute approximate surface area is 89.8 Å². The summed E-state index contributed by atoms with van der Waals surface area (Å²) in [5.41, 5.74) is 3.51. The molecule has 1 fully saturated rings. The summed E-state index contributed by atoms with van der Waals surface area (Å²) < 4.78 is 0. The molecule has 2 atom stereocenters. The molecule has 1 aliphatic carbocycles. The summed E-state index contributed by atoms with van der Waals surface area (Å²) in [5.74, 6) is 4.99. The van der Waals surface area contributed by atoms with Gasteiger partial charge in [0, 0.05) is 5.92 Å². The summed E-state index contributed by atoms with van der Waals surface area (Å²) in [5, 5.41) is 0. The maximum Gasteiger partial charge on any atom is 0.129 e. The zero-order valence-corrected chi connectivity index (χ0v) is 10.8. The molecule has 0 aromatic heterocycles. The number of allylic oxidation sites excluding steroid dienone is 1. The van der Waals surface area contributed by atoms with Crippen molar-refractivity contribution in [2.45, 2.75) is 45.3 Å². The Morgan fingerprint density at radius 3 is 2.64 bits per heavy atom. The first-order valence-electron chi connectivity index (χ1n) is 5.66. The maximum absolute atomic E-state index is 3.83. The van der Waals surface area contributed by atoms with Gasteiger partial charge in [0.15, 0.2) is 0 Å². The molecule has 0 aromatic rings. The SMILES string of the molecule is C=CC[C@@H]1CCC[C@@H]1C#C[Si](C)(C)C. The molecular formula is C13H22Si. The number of hydrogen-bond acceptors (Lipinski definition) is 0. The van der Waals surface area contributed by atoms with Crippen LogP contribution in [0.4, 0.5) is 0 Å². The lowest BCUT2D eigenvalue weighted by Gasteiger charge is -2.12. The van der Waals surface area contributed by atoms with E-state index >= 15 is 0 Å². The molecule has 0 aromatic carbocycles. The first-order chi connectivity index (χ1) is 6.53. The smallest absolute Gasteiger partial charge is 0.129 e. The molecule has 1 saturated carbocycles. The van der Waals surface area contributed by atoms with E-state index in [0.717, 1.165) is 12.3 Å². The molecule has 0 nitrogen and oxygen atoms in total. The standard InChI is InChI=1S/C13H22Si/c1-5-7-12-8-6-9-13(12)10-11-14(2,3)4/h5,12-13H,1,6-9H2,2-4H3/t12-,13-/m1/s1. The van der Waals surface area contributed by atoms with Crippen molar-refractivity contribution in [1.82, 2.24) is 0 Å². The highest BCUT2D eigenvalue weighted by Crippen LogP contribution is 2.33. The highest BCUT2D eigenvalue weighted by molar-refractivity contribution is 6.83. The molecule has 0 bridgehead atoms. The van der Waals surface area contributed by atoms with Crippen molar-refractivity contribution in [3.05, 3.63) is 12.7 Å². The Morgan fingerprint density at radius 1 is 1.36 bits per heavy atom. The molecule has 1 aliphatic rings. The molecule has 0 N–H and O–H groups in total. The average molecular weight is 206 g/mol. The van der Waals surface area contributed by atoms with Gasteiger partial charge >= 0.3 is 0 Å². The summed E-state index contributed by atoms with van der Waals surface area (Å²) in [6.45, 7) is 10.8. The van der Waals surface area contributed by atoms with E-state index in [2.05, 4.69) is 43.8 Å². The Kier molecular flexibility index (Phi) is 4.01. The van der Waals surface area contributed by atoms with Gasteiger partial charge in [-0.15, -0.1) is 18.0 Å². The van der Waals surface area contributed by atoms with Crippen molar-refractivity contribution in [3.8, 4) is 11.5 Å². The molecular weight excluding hydrogens is 184 g/mol. The molecule has 78 valence electrons. The minimum absolute atomic E-state index is 0.666. The van der Waals surface area contributed by atoms with Crippen molar-refractivity contribution in [2.24, 2.45) is 11.8 Å². The van der Waals surface area contributed by atoms with Gasteiger partial charge in [0.25, 0.3) is 0 Å².